The van der Waals surface area contributed by atoms with Gasteiger partial charge in [0.1, 0.15) is 6.61 Å². The van der Waals surface area contributed by atoms with Gasteiger partial charge in [-0.25, -0.2) is 0 Å². The largest absolute Gasteiger partial charge is 0.493 e. The van der Waals surface area contributed by atoms with Crippen molar-refractivity contribution in [2.24, 2.45) is 0 Å². The highest BCUT2D eigenvalue weighted by Crippen LogP contribution is 2.49. The van der Waals surface area contributed by atoms with Gasteiger partial charge in [0, 0.05) is 56.4 Å². The zero-order valence-corrected chi connectivity index (χ0v) is 21.2. The summed E-state index contributed by atoms with van der Waals surface area (Å²) in [7, 11) is 1.59. The first-order valence-electron chi connectivity index (χ1n) is 11.5. The average molecular weight is 543 g/mol. The second kappa shape index (κ2) is 9.59. The normalized spacial score (nSPS) is 18.4. The Morgan fingerprint density at radius 2 is 1.62 bits per heavy atom. The fourth-order valence-electron chi connectivity index (χ4n) is 5.11. The van der Waals surface area contributed by atoms with Gasteiger partial charge < -0.3 is 14.8 Å². The number of carbonyl (C=O) groups is 2. The fourth-order valence-corrected chi connectivity index (χ4v) is 5.85. The third-order valence-electron chi connectivity index (χ3n) is 6.73. The van der Waals surface area contributed by atoms with Crippen molar-refractivity contribution in [3.8, 4) is 11.5 Å². The zero-order valence-electron chi connectivity index (χ0n) is 18.9. The highest BCUT2D eigenvalue weighted by molar-refractivity contribution is 9.10. The van der Waals surface area contributed by atoms with Gasteiger partial charge in [0.25, 0.3) is 0 Å². The Kier molecular flexibility index (Phi) is 6.54. The maximum absolute atomic E-state index is 13.1. The van der Waals surface area contributed by atoms with E-state index in [1.807, 2.05) is 36.4 Å². The predicted octanol–water partition coefficient (Wildman–Crippen LogP) is 6.39. The number of ether oxygens (including phenoxy) is 2. The van der Waals surface area contributed by atoms with E-state index in [-0.39, 0.29) is 18.2 Å². The Hall–Kier alpha value is -2.57. The maximum atomic E-state index is 13.1. The van der Waals surface area contributed by atoms with Crippen LogP contribution in [0.25, 0.3) is 0 Å². The number of Topliss-reactive ketones (excluding diaryl/α,β-unsaturated/α-hetero) is 2. The van der Waals surface area contributed by atoms with Gasteiger partial charge in [-0.2, -0.15) is 0 Å². The number of methoxy groups -OCH3 is 1. The van der Waals surface area contributed by atoms with Crippen LogP contribution in [0.3, 0.4) is 0 Å². The molecule has 0 atom stereocenters. The van der Waals surface area contributed by atoms with Gasteiger partial charge in [-0.15, -0.1) is 0 Å². The number of nitrogens with one attached hydrogen (secondary N) is 1. The first-order valence-corrected chi connectivity index (χ1v) is 12.7. The summed E-state index contributed by atoms with van der Waals surface area (Å²) in [6.45, 7) is 0.288. The summed E-state index contributed by atoms with van der Waals surface area (Å²) < 4.78 is 12.5. The molecule has 5 rings (SSSR count). The van der Waals surface area contributed by atoms with Gasteiger partial charge in [0.2, 0.25) is 0 Å². The van der Waals surface area contributed by atoms with E-state index in [2.05, 4.69) is 21.2 Å². The maximum Gasteiger partial charge on any atom is 0.162 e. The number of benzene rings is 2. The molecule has 2 aromatic carbocycles. The summed E-state index contributed by atoms with van der Waals surface area (Å²) in [5.41, 5.74) is 5.06. The van der Waals surface area contributed by atoms with Crippen LogP contribution in [-0.4, -0.2) is 18.7 Å². The Balaban J connectivity index is 1.57. The third-order valence-corrected chi connectivity index (χ3v) is 7.78. The van der Waals surface area contributed by atoms with Crippen LogP contribution >= 0.6 is 27.5 Å². The van der Waals surface area contributed by atoms with Crippen LogP contribution in [0.1, 0.15) is 55.6 Å². The Labute approximate surface area is 212 Å². The second-order valence-corrected chi connectivity index (χ2v) is 10.1. The quantitative estimate of drug-likeness (QED) is 0.474. The molecule has 176 valence electrons. The van der Waals surface area contributed by atoms with E-state index >= 15 is 0 Å². The zero-order chi connectivity index (χ0) is 23.8. The number of dihydropyridines is 1. The average Bonchev–Trinajstić information content (AvgIpc) is 2.83. The lowest BCUT2D eigenvalue weighted by atomic mass is 9.71. The van der Waals surface area contributed by atoms with Crippen molar-refractivity contribution in [2.45, 2.75) is 51.0 Å². The van der Waals surface area contributed by atoms with Crippen LogP contribution in [0.15, 0.2) is 63.4 Å². The number of allylic oxidation sites excluding steroid dienone is 4. The van der Waals surface area contributed by atoms with Crippen molar-refractivity contribution in [1.29, 1.82) is 0 Å². The predicted molar refractivity (Wildman–Crippen MR) is 134 cm³/mol. The Morgan fingerprint density at radius 3 is 2.24 bits per heavy atom. The van der Waals surface area contributed by atoms with Gasteiger partial charge in [-0.3, -0.25) is 9.59 Å². The Morgan fingerprint density at radius 1 is 0.971 bits per heavy atom. The summed E-state index contributed by atoms with van der Waals surface area (Å²) >= 11 is 9.99. The first-order chi connectivity index (χ1) is 16.5. The standard InChI is InChI=1S/C27H25BrClNO4/c1-33-23-12-16(17(28)13-24(23)34-14-15-6-2-3-7-18(15)29)25-26-19(8-4-10-21(26)31)30-20-9-5-11-22(32)27(20)25/h2-3,6-7,12-13,25,30H,4-5,8-11,14H2,1H3. The topological polar surface area (TPSA) is 64.6 Å². The second-order valence-electron chi connectivity index (χ2n) is 8.80. The van der Waals surface area contributed by atoms with Crippen LogP contribution < -0.4 is 14.8 Å². The smallest absolute Gasteiger partial charge is 0.162 e. The van der Waals surface area contributed by atoms with E-state index in [9.17, 15) is 9.59 Å². The lowest BCUT2D eigenvalue weighted by Gasteiger charge is -2.37. The van der Waals surface area contributed by atoms with E-state index in [0.717, 1.165) is 52.7 Å². The molecular formula is C27H25BrClNO4. The van der Waals surface area contributed by atoms with Crippen molar-refractivity contribution in [1.82, 2.24) is 5.32 Å². The summed E-state index contributed by atoms with van der Waals surface area (Å²) in [5.74, 6) is 0.898. The minimum atomic E-state index is -0.409. The van der Waals surface area contributed by atoms with E-state index in [4.69, 9.17) is 21.1 Å². The molecule has 0 saturated heterocycles. The molecule has 3 aliphatic rings. The van der Waals surface area contributed by atoms with E-state index < -0.39 is 5.92 Å². The molecule has 0 radical (unpaired) electrons. The number of carbonyl (C=O) groups excluding carboxylic acids is 2. The van der Waals surface area contributed by atoms with Gasteiger partial charge in [-0.1, -0.05) is 45.7 Å². The van der Waals surface area contributed by atoms with Crippen molar-refractivity contribution in [3.63, 3.8) is 0 Å². The summed E-state index contributed by atoms with van der Waals surface area (Å²) in [4.78, 5) is 26.2. The van der Waals surface area contributed by atoms with Crippen molar-refractivity contribution < 1.29 is 19.1 Å². The molecule has 1 aliphatic heterocycles. The lowest BCUT2D eigenvalue weighted by Crippen LogP contribution is -2.36. The number of hydrogen-bond donors (Lipinski definition) is 1. The van der Waals surface area contributed by atoms with E-state index in [1.54, 1.807) is 7.11 Å². The van der Waals surface area contributed by atoms with E-state index in [1.165, 1.54) is 0 Å². The summed E-state index contributed by atoms with van der Waals surface area (Å²) in [6, 6.07) is 11.3. The van der Waals surface area contributed by atoms with Gasteiger partial charge in [-0.05, 0) is 49.4 Å². The number of halogens is 2. The van der Waals surface area contributed by atoms with Crippen molar-refractivity contribution >= 4 is 39.1 Å². The van der Waals surface area contributed by atoms with Gasteiger partial charge >= 0.3 is 0 Å². The SMILES string of the molecule is COc1cc(C2C3=C(CCCC3=O)NC3=C2C(=O)CCC3)c(Br)cc1OCc1ccccc1Cl. The molecule has 5 nitrogen and oxygen atoms in total. The van der Waals surface area contributed by atoms with Crippen LogP contribution in [0.5, 0.6) is 11.5 Å². The van der Waals surface area contributed by atoms with Crippen molar-refractivity contribution in [3.05, 3.63) is 79.6 Å². The van der Waals surface area contributed by atoms with Crippen LogP contribution in [0.4, 0.5) is 0 Å². The molecule has 1 N–H and O–H groups in total. The first kappa shape index (κ1) is 23.2. The van der Waals surface area contributed by atoms with Crippen LogP contribution in [0, 0.1) is 0 Å². The van der Waals surface area contributed by atoms with Crippen molar-refractivity contribution in [2.75, 3.05) is 7.11 Å². The van der Waals surface area contributed by atoms with Crippen LogP contribution in [-0.2, 0) is 16.2 Å². The molecule has 0 bridgehead atoms. The third kappa shape index (κ3) is 4.18. The minimum absolute atomic E-state index is 0.105. The molecule has 0 saturated carbocycles. The summed E-state index contributed by atoms with van der Waals surface area (Å²) in [6.07, 6.45) is 4.29. The molecular weight excluding hydrogens is 518 g/mol. The van der Waals surface area contributed by atoms with Crippen LogP contribution in [0.2, 0.25) is 5.02 Å². The molecule has 7 heteroatoms. The molecule has 2 aliphatic carbocycles. The number of rotatable bonds is 5. The molecule has 0 fully saturated rings. The highest BCUT2D eigenvalue weighted by Gasteiger charge is 2.41. The molecule has 0 unspecified atom stereocenters. The molecule has 0 amide bonds. The highest BCUT2D eigenvalue weighted by atomic mass is 79.9. The van der Waals surface area contributed by atoms with E-state index in [0.29, 0.717) is 40.5 Å². The fraction of sp³-hybridized carbons (Fsp3) is 0.333. The van der Waals surface area contributed by atoms with Gasteiger partial charge in [0.05, 0.1) is 7.11 Å². The number of hydrogen-bond acceptors (Lipinski definition) is 5. The molecule has 0 aromatic heterocycles. The lowest BCUT2D eigenvalue weighted by molar-refractivity contribution is -0.117. The molecule has 34 heavy (non-hydrogen) atoms. The monoisotopic (exact) mass is 541 g/mol. The molecule has 2 aromatic rings. The minimum Gasteiger partial charge on any atom is -0.493 e. The number of ketones is 2. The summed E-state index contributed by atoms with van der Waals surface area (Å²) in [5, 5.41) is 4.09. The molecule has 0 spiro atoms. The molecule has 1 heterocycles. The Bertz CT molecular complexity index is 1210. The van der Waals surface area contributed by atoms with Gasteiger partial charge in [0.15, 0.2) is 23.1 Å².